The number of methoxy groups -OCH3 is 1. The number of hydrogen-bond donors (Lipinski definition) is 2. The molecular formula is C16H20N4O. The van der Waals surface area contributed by atoms with Crippen molar-refractivity contribution in [1.29, 1.82) is 0 Å². The number of nitrogens with zero attached hydrogens (tertiary/aromatic N) is 2. The Kier molecular flexibility index (Phi) is 4.01. The molecule has 0 saturated carbocycles. The Morgan fingerprint density at radius 3 is 2.81 bits per heavy atom. The zero-order valence-electron chi connectivity index (χ0n) is 12.2. The largest absolute Gasteiger partial charge is 0.497 e. The summed E-state index contributed by atoms with van der Waals surface area (Å²) in [6, 6.07) is 7.79. The standard InChI is InChI=1S/C16H20N4O/c1-21-12-7-5-6-11(10-12)15-18-14-9-4-2-3-8-13(14)16(19-15)20-17/h5-7,10H,2-4,8-9,17H2,1H3,(H,18,19,20). The monoisotopic (exact) mass is 284 g/mol. The van der Waals surface area contributed by atoms with Crippen molar-refractivity contribution in [2.45, 2.75) is 32.1 Å². The maximum absolute atomic E-state index is 5.66. The molecule has 0 bridgehead atoms. The predicted octanol–water partition coefficient (Wildman–Crippen LogP) is 2.71. The molecule has 1 heterocycles. The van der Waals surface area contributed by atoms with E-state index in [2.05, 4.69) is 10.4 Å². The van der Waals surface area contributed by atoms with Crippen molar-refractivity contribution >= 4 is 5.82 Å². The summed E-state index contributed by atoms with van der Waals surface area (Å²) in [5, 5.41) is 0. The average Bonchev–Trinajstić information content (AvgIpc) is 2.79. The Morgan fingerprint density at radius 2 is 2.00 bits per heavy atom. The lowest BCUT2D eigenvalue weighted by molar-refractivity contribution is 0.415. The van der Waals surface area contributed by atoms with Crippen molar-refractivity contribution < 1.29 is 4.74 Å². The van der Waals surface area contributed by atoms with Crippen LogP contribution in [-0.2, 0) is 12.8 Å². The number of aryl methyl sites for hydroxylation is 1. The average molecular weight is 284 g/mol. The van der Waals surface area contributed by atoms with E-state index in [9.17, 15) is 0 Å². The second kappa shape index (κ2) is 6.10. The van der Waals surface area contributed by atoms with Gasteiger partial charge in [0.2, 0.25) is 0 Å². The van der Waals surface area contributed by atoms with E-state index in [4.69, 9.17) is 15.6 Å². The highest BCUT2D eigenvalue weighted by Gasteiger charge is 2.17. The minimum Gasteiger partial charge on any atom is -0.497 e. The molecule has 0 unspecified atom stereocenters. The number of nitrogens with two attached hydrogens (primary N) is 1. The predicted molar refractivity (Wildman–Crippen MR) is 83.1 cm³/mol. The van der Waals surface area contributed by atoms with Crippen LogP contribution in [0, 0.1) is 0 Å². The molecule has 0 saturated heterocycles. The quantitative estimate of drug-likeness (QED) is 0.515. The van der Waals surface area contributed by atoms with Crippen LogP contribution < -0.4 is 16.0 Å². The molecule has 0 fully saturated rings. The van der Waals surface area contributed by atoms with Crippen LogP contribution in [0.4, 0.5) is 5.82 Å². The van der Waals surface area contributed by atoms with Crippen LogP contribution in [0.5, 0.6) is 5.75 Å². The summed E-state index contributed by atoms with van der Waals surface area (Å²) in [7, 11) is 1.66. The van der Waals surface area contributed by atoms with Gasteiger partial charge in [0.05, 0.1) is 7.11 Å². The minimum atomic E-state index is 0.697. The van der Waals surface area contributed by atoms with Gasteiger partial charge < -0.3 is 10.2 Å². The van der Waals surface area contributed by atoms with Gasteiger partial charge in [-0.1, -0.05) is 18.6 Å². The number of fused-ring (bicyclic) bond motifs is 1. The molecule has 1 aromatic heterocycles. The lowest BCUT2D eigenvalue weighted by Crippen LogP contribution is -2.14. The van der Waals surface area contributed by atoms with E-state index in [1.807, 2.05) is 24.3 Å². The van der Waals surface area contributed by atoms with Crippen molar-refractivity contribution in [3.63, 3.8) is 0 Å². The fourth-order valence-corrected chi connectivity index (χ4v) is 2.78. The van der Waals surface area contributed by atoms with E-state index in [0.29, 0.717) is 5.82 Å². The second-order valence-electron chi connectivity index (χ2n) is 5.26. The van der Waals surface area contributed by atoms with Gasteiger partial charge in [0.25, 0.3) is 0 Å². The number of rotatable bonds is 3. The van der Waals surface area contributed by atoms with Crippen molar-refractivity contribution in [3.8, 4) is 17.1 Å². The molecule has 0 amide bonds. The summed E-state index contributed by atoms with van der Waals surface area (Å²) < 4.78 is 5.27. The number of hydrazine groups is 1. The Balaban J connectivity index is 2.08. The van der Waals surface area contributed by atoms with Crippen LogP contribution in [-0.4, -0.2) is 17.1 Å². The van der Waals surface area contributed by atoms with Crippen molar-refractivity contribution in [2.75, 3.05) is 12.5 Å². The molecule has 0 spiro atoms. The number of ether oxygens (including phenoxy) is 1. The smallest absolute Gasteiger partial charge is 0.161 e. The van der Waals surface area contributed by atoms with Crippen molar-refractivity contribution in [2.24, 2.45) is 5.84 Å². The zero-order valence-corrected chi connectivity index (χ0v) is 12.2. The lowest BCUT2D eigenvalue weighted by Gasteiger charge is -2.13. The number of anilines is 1. The van der Waals surface area contributed by atoms with E-state index in [1.54, 1.807) is 7.11 Å². The maximum atomic E-state index is 5.66. The lowest BCUT2D eigenvalue weighted by atomic mass is 10.1. The minimum absolute atomic E-state index is 0.697. The third-order valence-electron chi connectivity index (χ3n) is 3.90. The molecule has 1 aliphatic carbocycles. The first-order valence-corrected chi connectivity index (χ1v) is 7.32. The summed E-state index contributed by atoms with van der Waals surface area (Å²) >= 11 is 0. The second-order valence-corrected chi connectivity index (χ2v) is 5.26. The fraction of sp³-hybridized carbons (Fsp3) is 0.375. The molecule has 5 heteroatoms. The molecule has 3 rings (SSSR count). The van der Waals surface area contributed by atoms with Gasteiger partial charge in [-0.05, 0) is 37.8 Å². The van der Waals surface area contributed by atoms with Gasteiger partial charge in [0.15, 0.2) is 5.82 Å². The van der Waals surface area contributed by atoms with Gasteiger partial charge in [0.1, 0.15) is 11.6 Å². The number of nitrogens with one attached hydrogen (secondary N) is 1. The normalized spacial score (nSPS) is 14.2. The van der Waals surface area contributed by atoms with Gasteiger partial charge in [-0.3, -0.25) is 0 Å². The number of hydrogen-bond acceptors (Lipinski definition) is 5. The molecule has 0 atom stereocenters. The Hall–Kier alpha value is -2.14. The molecule has 21 heavy (non-hydrogen) atoms. The van der Waals surface area contributed by atoms with Crippen LogP contribution in [0.1, 0.15) is 30.5 Å². The molecule has 1 aromatic carbocycles. The van der Waals surface area contributed by atoms with Crippen LogP contribution in [0.3, 0.4) is 0 Å². The highest BCUT2D eigenvalue weighted by Crippen LogP contribution is 2.28. The molecule has 0 radical (unpaired) electrons. The summed E-state index contributed by atoms with van der Waals surface area (Å²) in [5.41, 5.74) is 5.97. The molecule has 1 aliphatic rings. The summed E-state index contributed by atoms with van der Waals surface area (Å²) in [6.07, 6.45) is 5.56. The first-order valence-electron chi connectivity index (χ1n) is 7.32. The molecule has 2 aromatic rings. The van der Waals surface area contributed by atoms with Crippen LogP contribution in [0.2, 0.25) is 0 Å². The maximum Gasteiger partial charge on any atom is 0.161 e. The van der Waals surface area contributed by atoms with Crippen LogP contribution >= 0.6 is 0 Å². The van der Waals surface area contributed by atoms with Gasteiger partial charge in [0, 0.05) is 16.8 Å². The topological polar surface area (TPSA) is 73.1 Å². The van der Waals surface area contributed by atoms with Crippen LogP contribution in [0.15, 0.2) is 24.3 Å². The van der Waals surface area contributed by atoms with Crippen LogP contribution in [0.25, 0.3) is 11.4 Å². The summed E-state index contributed by atoms with van der Waals surface area (Å²) in [4.78, 5) is 9.35. The number of benzene rings is 1. The number of nitrogen functional groups attached to an aromatic ring is 1. The highest BCUT2D eigenvalue weighted by molar-refractivity contribution is 5.61. The van der Waals surface area contributed by atoms with E-state index < -0.39 is 0 Å². The first kappa shape index (κ1) is 13.8. The summed E-state index contributed by atoms with van der Waals surface area (Å²) in [6.45, 7) is 0. The zero-order chi connectivity index (χ0) is 14.7. The molecule has 110 valence electrons. The Morgan fingerprint density at radius 1 is 1.14 bits per heavy atom. The SMILES string of the molecule is COc1cccc(-c2nc3c(c(NN)n2)CCCCC3)c1. The third kappa shape index (κ3) is 2.83. The summed E-state index contributed by atoms with van der Waals surface area (Å²) in [5.74, 6) is 7.91. The molecular weight excluding hydrogens is 264 g/mol. The third-order valence-corrected chi connectivity index (χ3v) is 3.90. The van der Waals surface area contributed by atoms with Gasteiger partial charge in [-0.25, -0.2) is 15.8 Å². The van der Waals surface area contributed by atoms with Crippen molar-refractivity contribution in [3.05, 3.63) is 35.5 Å². The van der Waals surface area contributed by atoms with Gasteiger partial charge >= 0.3 is 0 Å². The van der Waals surface area contributed by atoms with E-state index in [-0.39, 0.29) is 0 Å². The first-order chi connectivity index (χ1) is 10.3. The fourth-order valence-electron chi connectivity index (χ4n) is 2.78. The van der Waals surface area contributed by atoms with Crippen molar-refractivity contribution in [1.82, 2.24) is 9.97 Å². The van der Waals surface area contributed by atoms with E-state index in [0.717, 1.165) is 35.7 Å². The van der Waals surface area contributed by atoms with Gasteiger partial charge in [-0.15, -0.1) is 0 Å². The molecule has 3 N–H and O–H groups in total. The molecule has 5 nitrogen and oxygen atoms in total. The van der Waals surface area contributed by atoms with E-state index in [1.165, 1.54) is 24.8 Å². The Labute approximate surface area is 124 Å². The van der Waals surface area contributed by atoms with Gasteiger partial charge in [-0.2, -0.15) is 0 Å². The number of aromatic nitrogens is 2. The van der Waals surface area contributed by atoms with E-state index >= 15 is 0 Å². The highest BCUT2D eigenvalue weighted by atomic mass is 16.5. The molecule has 0 aliphatic heterocycles. The Bertz CT molecular complexity index is 642.